The molecule has 1 aliphatic rings. The molecule has 0 aromatic rings. The maximum Gasteiger partial charge on any atom is 0.389 e. The van der Waals surface area contributed by atoms with Crippen LogP contribution in [0.1, 0.15) is 32.1 Å². The van der Waals surface area contributed by atoms with E-state index in [4.69, 9.17) is 0 Å². The van der Waals surface area contributed by atoms with Gasteiger partial charge >= 0.3 is 6.18 Å². The van der Waals surface area contributed by atoms with Gasteiger partial charge in [-0.05, 0) is 32.4 Å². The number of amides is 1. The van der Waals surface area contributed by atoms with Crippen molar-refractivity contribution in [3.8, 4) is 0 Å². The first kappa shape index (κ1) is 17.5. The number of nitrogens with one attached hydrogen (secondary N) is 1. The highest BCUT2D eigenvalue weighted by molar-refractivity contribution is 5.85. The van der Waals surface area contributed by atoms with Crippen molar-refractivity contribution in [2.24, 2.45) is 0 Å². The van der Waals surface area contributed by atoms with E-state index in [1.54, 1.807) is 7.05 Å². The number of hydrogen-bond donors (Lipinski definition) is 1. The Labute approximate surface area is 112 Å². The van der Waals surface area contributed by atoms with Gasteiger partial charge in [0, 0.05) is 19.5 Å². The molecule has 1 N–H and O–H groups in total. The van der Waals surface area contributed by atoms with Crippen molar-refractivity contribution in [1.29, 1.82) is 0 Å². The molecule has 0 saturated carbocycles. The zero-order valence-corrected chi connectivity index (χ0v) is 11.2. The second kappa shape index (κ2) is 7.84. The molecule has 0 aromatic heterocycles. The Morgan fingerprint density at radius 1 is 1.33 bits per heavy atom. The summed E-state index contributed by atoms with van der Waals surface area (Å²) in [6, 6.07) is 0.0748. The average Bonchev–Trinajstić information content (AvgIpc) is 2.52. The molecule has 1 heterocycles. The van der Waals surface area contributed by atoms with E-state index in [9.17, 15) is 18.0 Å². The molecule has 1 saturated heterocycles. The van der Waals surface area contributed by atoms with Gasteiger partial charge in [-0.2, -0.15) is 13.2 Å². The summed E-state index contributed by atoms with van der Waals surface area (Å²) in [5.74, 6) is -0.408. The minimum absolute atomic E-state index is 0. The van der Waals surface area contributed by atoms with E-state index in [1.165, 1.54) is 4.90 Å². The lowest BCUT2D eigenvalue weighted by Crippen LogP contribution is -2.38. The Morgan fingerprint density at radius 2 is 2.00 bits per heavy atom. The number of carbonyl (C=O) groups is 1. The topological polar surface area (TPSA) is 32.3 Å². The lowest BCUT2D eigenvalue weighted by molar-refractivity contribution is -0.149. The van der Waals surface area contributed by atoms with Gasteiger partial charge in [0.05, 0.1) is 6.42 Å². The second-order valence-electron chi connectivity index (χ2n) is 4.45. The van der Waals surface area contributed by atoms with Gasteiger partial charge in [0.15, 0.2) is 0 Å². The summed E-state index contributed by atoms with van der Waals surface area (Å²) in [5.41, 5.74) is 0. The minimum atomic E-state index is -4.25. The molecule has 1 atom stereocenters. The van der Waals surface area contributed by atoms with Crippen LogP contribution in [-0.2, 0) is 4.79 Å². The van der Waals surface area contributed by atoms with Gasteiger partial charge in [-0.15, -0.1) is 12.4 Å². The zero-order chi connectivity index (χ0) is 12.9. The Kier molecular flexibility index (Phi) is 7.62. The van der Waals surface area contributed by atoms with Gasteiger partial charge in [-0.1, -0.05) is 0 Å². The van der Waals surface area contributed by atoms with Crippen LogP contribution in [0.15, 0.2) is 0 Å². The summed E-state index contributed by atoms with van der Waals surface area (Å²) in [4.78, 5) is 13.1. The van der Waals surface area contributed by atoms with Crippen molar-refractivity contribution >= 4 is 18.3 Å². The molecule has 0 aromatic carbocycles. The summed E-state index contributed by atoms with van der Waals surface area (Å²) in [5, 5.41) is 3.21. The molecule has 1 aliphatic heterocycles. The largest absolute Gasteiger partial charge is 0.389 e. The Balaban J connectivity index is 0.00000289. The molecular weight excluding hydrogens is 269 g/mol. The van der Waals surface area contributed by atoms with Crippen LogP contribution in [0.5, 0.6) is 0 Å². The highest BCUT2D eigenvalue weighted by Crippen LogP contribution is 2.22. The van der Waals surface area contributed by atoms with Crippen molar-refractivity contribution in [3.63, 3.8) is 0 Å². The van der Waals surface area contributed by atoms with Gasteiger partial charge in [0.25, 0.3) is 0 Å². The van der Waals surface area contributed by atoms with Crippen LogP contribution in [0.3, 0.4) is 0 Å². The van der Waals surface area contributed by atoms with Crippen LogP contribution in [-0.4, -0.2) is 43.2 Å². The first-order valence-corrected chi connectivity index (χ1v) is 5.93. The Bertz CT molecular complexity index is 253. The molecule has 0 radical (unpaired) electrons. The lowest BCUT2D eigenvalue weighted by Gasteiger charge is -2.27. The fourth-order valence-corrected chi connectivity index (χ4v) is 2.02. The number of carbonyl (C=O) groups excluding carboxylic acids is 1. The van der Waals surface area contributed by atoms with Crippen LogP contribution in [0.25, 0.3) is 0 Å². The van der Waals surface area contributed by atoms with Crippen molar-refractivity contribution in [2.75, 3.05) is 20.1 Å². The maximum atomic E-state index is 12.0. The molecule has 0 bridgehead atoms. The van der Waals surface area contributed by atoms with E-state index >= 15 is 0 Å². The number of hydrogen-bond acceptors (Lipinski definition) is 2. The molecule has 1 unspecified atom stereocenters. The fraction of sp³-hybridized carbons (Fsp3) is 0.909. The fourth-order valence-electron chi connectivity index (χ4n) is 2.02. The van der Waals surface area contributed by atoms with Gasteiger partial charge in [-0.3, -0.25) is 4.79 Å². The third kappa shape index (κ3) is 6.44. The first-order valence-electron chi connectivity index (χ1n) is 5.93. The van der Waals surface area contributed by atoms with Crippen molar-refractivity contribution in [3.05, 3.63) is 0 Å². The molecule has 1 amide bonds. The van der Waals surface area contributed by atoms with Crippen molar-refractivity contribution in [2.45, 2.75) is 44.3 Å². The molecule has 1 rings (SSSR count). The molecule has 18 heavy (non-hydrogen) atoms. The number of nitrogens with zero attached hydrogens (tertiary/aromatic N) is 1. The van der Waals surface area contributed by atoms with Crippen LogP contribution < -0.4 is 5.32 Å². The van der Waals surface area contributed by atoms with Crippen LogP contribution in [0.2, 0.25) is 0 Å². The highest BCUT2D eigenvalue weighted by atomic mass is 35.5. The summed E-state index contributed by atoms with van der Waals surface area (Å²) >= 11 is 0. The Hall–Kier alpha value is -0.490. The number of rotatable bonds is 3. The van der Waals surface area contributed by atoms with Gasteiger partial charge < -0.3 is 10.2 Å². The lowest BCUT2D eigenvalue weighted by atomic mass is 10.1. The first-order chi connectivity index (χ1) is 7.90. The normalized spacial score (nSPS) is 20.8. The Morgan fingerprint density at radius 3 is 2.61 bits per heavy atom. The molecule has 0 aliphatic carbocycles. The third-order valence-corrected chi connectivity index (χ3v) is 3.11. The van der Waals surface area contributed by atoms with Crippen LogP contribution >= 0.6 is 12.4 Å². The summed E-state index contributed by atoms with van der Waals surface area (Å²) in [6.45, 7) is 1.74. The van der Waals surface area contributed by atoms with E-state index in [0.717, 1.165) is 32.4 Å². The highest BCUT2D eigenvalue weighted by Gasteiger charge is 2.30. The van der Waals surface area contributed by atoms with Crippen molar-refractivity contribution < 1.29 is 18.0 Å². The van der Waals surface area contributed by atoms with Gasteiger partial charge in [0.1, 0.15) is 0 Å². The number of halogens is 4. The van der Waals surface area contributed by atoms with Gasteiger partial charge in [0.2, 0.25) is 5.91 Å². The molecule has 3 nitrogen and oxygen atoms in total. The molecule has 7 heteroatoms. The van der Waals surface area contributed by atoms with E-state index < -0.39 is 24.9 Å². The predicted molar refractivity (Wildman–Crippen MR) is 65.8 cm³/mol. The standard InChI is InChI=1S/C11H19F3N2O.ClH/c1-16(9-3-2-7-15-8-5-9)10(17)4-6-11(12,13)14;/h9,15H,2-8H2,1H3;1H. The van der Waals surface area contributed by atoms with Gasteiger partial charge in [-0.25, -0.2) is 0 Å². The van der Waals surface area contributed by atoms with E-state index in [-0.39, 0.29) is 18.4 Å². The molecular formula is C11H20ClF3N2O. The number of alkyl halides is 3. The third-order valence-electron chi connectivity index (χ3n) is 3.11. The summed E-state index contributed by atoms with van der Waals surface area (Å²) in [7, 11) is 1.61. The predicted octanol–water partition coefficient (Wildman–Crippen LogP) is 2.35. The molecule has 0 spiro atoms. The van der Waals surface area contributed by atoms with Crippen LogP contribution in [0, 0.1) is 0 Å². The zero-order valence-electron chi connectivity index (χ0n) is 10.4. The quantitative estimate of drug-likeness (QED) is 0.865. The van der Waals surface area contributed by atoms with E-state index in [2.05, 4.69) is 5.32 Å². The minimum Gasteiger partial charge on any atom is -0.343 e. The second-order valence-corrected chi connectivity index (χ2v) is 4.45. The molecule has 108 valence electrons. The summed E-state index contributed by atoms with van der Waals surface area (Å²) < 4.78 is 36.0. The molecule has 1 fully saturated rings. The van der Waals surface area contributed by atoms with Crippen molar-refractivity contribution in [1.82, 2.24) is 10.2 Å². The summed E-state index contributed by atoms with van der Waals surface area (Å²) in [6.07, 6.45) is -3.08. The smallest absolute Gasteiger partial charge is 0.343 e. The maximum absolute atomic E-state index is 12.0. The monoisotopic (exact) mass is 288 g/mol. The van der Waals surface area contributed by atoms with E-state index in [1.807, 2.05) is 0 Å². The SMILES string of the molecule is CN(C(=O)CCC(F)(F)F)C1CCCNCC1.Cl. The van der Waals surface area contributed by atoms with Crippen LogP contribution in [0.4, 0.5) is 13.2 Å². The van der Waals surface area contributed by atoms with E-state index in [0.29, 0.717) is 0 Å². The average molecular weight is 289 g/mol.